The van der Waals surface area contributed by atoms with Crippen LogP contribution in [0.15, 0.2) is 42.5 Å². The van der Waals surface area contributed by atoms with E-state index < -0.39 is 17.6 Å². The smallest absolute Gasteiger partial charge is 0.335 e. The van der Waals surface area contributed by atoms with Crippen molar-refractivity contribution in [2.75, 3.05) is 20.3 Å². The summed E-state index contributed by atoms with van der Waals surface area (Å²) in [5.74, 6) is -1.82. The van der Waals surface area contributed by atoms with Crippen LogP contribution in [0.25, 0.3) is 22.3 Å². The number of carboxylic acid groups (broad SMARTS) is 1. The van der Waals surface area contributed by atoms with E-state index in [1.807, 2.05) is 11.5 Å². The third-order valence-corrected chi connectivity index (χ3v) is 8.62. The van der Waals surface area contributed by atoms with Crippen molar-refractivity contribution < 1.29 is 32.9 Å². The number of imidazole rings is 1. The standard InChI is InChI=1S/C31H29F2N5O5S/c1-16-9-18(11-26-34-23-7-5-17(29(39)40)10-24(23)38(26)25-13-42-15-31(25,2)3)21(33)12-19(16)22-8-6-20(32)28(35-22)43-14-27-36-37-30(41-4)44-27/h5-10,12,25H,11,13-15H2,1-4H3,(H,39,40). The van der Waals surface area contributed by atoms with Gasteiger partial charge < -0.3 is 23.9 Å². The minimum Gasteiger partial charge on any atom is -0.478 e. The molecule has 6 rings (SSSR count). The Morgan fingerprint density at radius 2 is 1.95 bits per heavy atom. The number of rotatable bonds is 9. The molecule has 1 atom stereocenters. The predicted molar refractivity (Wildman–Crippen MR) is 158 cm³/mol. The Balaban J connectivity index is 1.33. The number of aryl methyl sites for hydroxylation is 1. The Hall–Kier alpha value is -4.49. The van der Waals surface area contributed by atoms with E-state index in [1.165, 1.54) is 42.7 Å². The summed E-state index contributed by atoms with van der Waals surface area (Å²) in [7, 11) is 1.47. The summed E-state index contributed by atoms with van der Waals surface area (Å²) in [6.07, 6.45) is 0.160. The molecule has 3 aromatic heterocycles. The number of nitrogens with zero attached hydrogens (tertiary/aromatic N) is 5. The quantitative estimate of drug-likeness (QED) is 0.211. The molecule has 1 aliphatic heterocycles. The maximum absolute atomic E-state index is 15.8. The Labute approximate surface area is 255 Å². The van der Waals surface area contributed by atoms with E-state index in [0.717, 1.165) is 5.56 Å². The Morgan fingerprint density at radius 3 is 2.66 bits per heavy atom. The molecule has 1 fully saturated rings. The van der Waals surface area contributed by atoms with Gasteiger partial charge in [0, 0.05) is 17.4 Å². The molecule has 0 amide bonds. The van der Waals surface area contributed by atoms with Gasteiger partial charge in [0.25, 0.3) is 11.1 Å². The summed E-state index contributed by atoms with van der Waals surface area (Å²) in [5, 5.41) is 18.2. The first-order chi connectivity index (χ1) is 21.0. The number of fused-ring (bicyclic) bond motifs is 1. The maximum Gasteiger partial charge on any atom is 0.335 e. The van der Waals surface area contributed by atoms with Gasteiger partial charge in [-0.15, -0.1) is 5.10 Å². The Kier molecular flexibility index (Phi) is 7.76. The fourth-order valence-corrected chi connectivity index (χ4v) is 6.00. The van der Waals surface area contributed by atoms with Crippen LogP contribution in [0, 0.1) is 24.0 Å². The van der Waals surface area contributed by atoms with E-state index in [0.29, 0.717) is 57.1 Å². The van der Waals surface area contributed by atoms with E-state index in [2.05, 4.69) is 29.0 Å². The number of methoxy groups -OCH3 is 1. The number of carbonyl (C=O) groups is 1. The van der Waals surface area contributed by atoms with Crippen molar-refractivity contribution in [2.24, 2.45) is 5.41 Å². The van der Waals surface area contributed by atoms with E-state index in [4.69, 9.17) is 19.2 Å². The molecule has 1 N–H and O–H groups in total. The zero-order valence-corrected chi connectivity index (χ0v) is 25.2. The summed E-state index contributed by atoms with van der Waals surface area (Å²) < 4.78 is 48.7. The van der Waals surface area contributed by atoms with E-state index >= 15 is 4.39 Å². The predicted octanol–water partition coefficient (Wildman–Crippen LogP) is 6.01. The SMILES string of the molecule is COc1nnc(COc2nc(-c3cc(F)c(Cc4nc5ccc(C(=O)O)cc5n4C4COCC4(C)C)cc3C)ccc2F)s1. The van der Waals surface area contributed by atoms with Crippen molar-refractivity contribution in [3.63, 3.8) is 0 Å². The van der Waals surface area contributed by atoms with Crippen molar-refractivity contribution in [3.05, 3.63) is 81.6 Å². The van der Waals surface area contributed by atoms with Gasteiger partial charge in [-0.25, -0.2) is 23.5 Å². The molecule has 0 saturated carbocycles. The van der Waals surface area contributed by atoms with Gasteiger partial charge in [-0.05, 0) is 54.4 Å². The summed E-state index contributed by atoms with van der Waals surface area (Å²) in [6, 6.07) is 10.5. The largest absolute Gasteiger partial charge is 0.478 e. The minimum atomic E-state index is -1.04. The van der Waals surface area contributed by atoms with E-state index in [9.17, 15) is 14.3 Å². The molecule has 0 aliphatic carbocycles. The van der Waals surface area contributed by atoms with Crippen molar-refractivity contribution >= 4 is 28.3 Å². The maximum atomic E-state index is 15.8. The minimum absolute atomic E-state index is 0.0571. The third-order valence-electron chi connectivity index (χ3n) is 7.76. The number of carboxylic acids is 1. The van der Waals surface area contributed by atoms with Gasteiger partial charge in [0.05, 0.1) is 48.7 Å². The van der Waals surface area contributed by atoms with Crippen molar-refractivity contribution in [1.29, 1.82) is 0 Å². The normalized spacial score (nSPS) is 16.0. The highest BCUT2D eigenvalue weighted by Crippen LogP contribution is 2.41. The molecule has 0 radical (unpaired) electrons. The number of hydrogen-bond acceptors (Lipinski definition) is 9. The van der Waals surface area contributed by atoms with Gasteiger partial charge in [0.15, 0.2) is 10.8 Å². The highest BCUT2D eigenvalue weighted by atomic mass is 32.1. The fourth-order valence-electron chi connectivity index (χ4n) is 5.43. The van der Waals surface area contributed by atoms with Gasteiger partial charge in [-0.3, -0.25) is 0 Å². The van der Waals surface area contributed by atoms with Gasteiger partial charge in [-0.2, -0.15) is 0 Å². The summed E-state index contributed by atoms with van der Waals surface area (Å²) in [4.78, 5) is 20.9. The molecule has 13 heteroatoms. The number of ether oxygens (including phenoxy) is 3. The highest BCUT2D eigenvalue weighted by molar-refractivity contribution is 7.13. The number of hydrogen-bond donors (Lipinski definition) is 1. The van der Waals surface area contributed by atoms with Crippen LogP contribution >= 0.6 is 11.3 Å². The fraction of sp³-hybridized carbons (Fsp3) is 0.323. The van der Waals surface area contributed by atoms with Crippen molar-refractivity contribution in [2.45, 2.75) is 39.8 Å². The van der Waals surface area contributed by atoms with Crippen LogP contribution in [-0.2, 0) is 17.8 Å². The molecule has 10 nitrogen and oxygen atoms in total. The van der Waals surface area contributed by atoms with Gasteiger partial charge >= 0.3 is 5.97 Å². The second-order valence-corrected chi connectivity index (χ2v) is 12.3. The van der Waals surface area contributed by atoms with Crippen LogP contribution in [0.2, 0.25) is 0 Å². The van der Waals surface area contributed by atoms with Gasteiger partial charge in [0.2, 0.25) is 0 Å². The molecule has 1 unspecified atom stereocenters. The first-order valence-corrected chi connectivity index (χ1v) is 14.6. The number of aromatic nitrogens is 5. The lowest BCUT2D eigenvalue weighted by Gasteiger charge is -2.28. The van der Waals surface area contributed by atoms with Crippen molar-refractivity contribution in [3.8, 4) is 22.3 Å². The average Bonchev–Trinajstić information content (AvgIpc) is 3.69. The molecule has 228 valence electrons. The molecule has 0 bridgehead atoms. The van der Waals surface area contributed by atoms with E-state index in [-0.39, 0.29) is 35.9 Å². The summed E-state index contributed by atoms with van der Waals surface area (Å²) in [5.41, 5.74) is 3.13. The molecule has 0 spiro atoms. The lowest BCUT2D eigenvalue weighted by Crippen LogP contribution is -2.27. The molecule has 1 saturated heterocycles. The summed E-state index contributed by atoms with van der Waals surface area (Å²) in [6.45, 7) is 6.89. The lowest BCUT2D eigenvalue weighted by atomic mass is 9.87. The zero-order valence-electron chi connectivity index (χ0n) is 24.4. The second-order valence-electron chi connectivity index (χ2n) is 11.3. The highest BCUT2D eigenvalue weighted by Gasteiger charge is 2.39. The molecular formula is C31H29F2N5O5S. The van der Waals surface area contributed by atoms with Crippen LogP contribution in [0.3, 0.4) is 0 Å². The molecule has 4 heterocycles. The molecule has 5 aromatic rings. The number of halogens is 2. The van der Waals surface area contributed by atoms with Crippen LogP contribution < -0.4 is 9.47 Å². The monoisotopic (exact) mass is 621 g/mol. The number of pyridine rings is 1. The zero-order chi connectivity index (χ0) is 31.2. The molecule has 2 aromatic carbocycles. The van der Waals surface area contributed by atoms with Gasteiger partial charge in [0.1, 0.15) is 18.2 Å². The molecule has 44 heavy (non-hydrogen) atoms. The Morgan fingerprint density at radius 1 is 1.14 bits per heavy atom. The van der Waals surface area contributed by atoms with Gasteiger partial charge in [-0.1, -0.05) is 36.3 Å². The van der Waals surface area contributed by atoms with E-state index in [1.54, 1.807) is 18.2 Å². The number of benzene rings is 2. The lowest BCUT2D eigenvalue weighted by molar-refractivity contribution is 0.0697. The topological polar surface area (TPSA) is 121 Å². The average molecular weight is 622 g/mol. The Bertz CT molecular complexity index is 1890. The van der Waals surface area contributed by atoms with Crippen LogP contribution in [0.5, 0.6) is 11.1 Å². The van der Waals surface area contributed by atoms with Crippen LogP contribution in [0.1, 0.15) is 52.2 Å². The first kappa shape index (κ1) is 29.6. The number of aromatic carboxylic acids is 1. The molecule has 1 aliphatic rings. The second kappa shape index (κ2) is 11.5. The van der Waals surface area contributed by atoms with Crippen molar-refractivity contribution in [1.82, 2.24) is 24.7 Å². The van der Waals surface area contributed by atoms with Crippen LogP contribution in [-0.4, -0.2) is 56.1 Å². The first-order valence-electron chi connectivity index (χ1n) is 13.8. The summed E-state index contributed by atoms with van der Waals surface area (Å²) >= 11 is 1.17. The molecular weight excluding hydrogens is 592 g/mol. The van der Waals surface area contributed by atoms with Crippen LogP contribution in [0.4, 0.5) is 8.78 Å². The third kappa shape index (κ3) is 5.60.